The van der Waals surface area contributed by atoms with Crippen molar-refractivity contribution in [3.63, 3.8) is 0 Å². The fourth-order valence-corrected chi connectivity index (χ4v) is 4.61. The molecule has 32 heavy (non-hydrogen) atoms. The van der Waals surface area contributed by atoms with Gasteiger partial charge in [-0.15, -0.1) is 0 Å². The van der Waals surface area contributed by atoms with Crippen molar-refractivity contribution in [3.05, 3.63) is 110 Å². The fourth-order valence-electron chi connectivity index (χ4n) is 4.61. The fraction of sp³-hybridized carbons (Fsp3) is 0.222. The topological polar surface area (TPSA) is 63.4 Å². The molecule has 0 aliphatic carbocycles. The summed E-state index contributed by atoms with van der Waals surface area (Å²) < 4.78 is 6.14. The van der Waals surface area contributed by atoms with Crippen LogP contribution in [0.1, 0.15) is 56.9 Å². The third kappa shape index (κ3) is 3.21. The molecule has 0 saturated heterocycles. The van der Waals surface area contributed by atoms with Gasteiger partial charge in [0.25, 0.3) is 5.91 Å². The summed E-state index contributed by atoms with van der Waals surface area (Å²) in [6.45, 7) is 6.30. The van der Waals surface area contributed by atoms with Crippen LogP contribution < -0.4 is 5.43 Å². The molecule has 5 nitrogen and oxygen atoms in total. The molecule has 0 N–H and O–H groups in total. The van der Waals surface area contributed by atoms with Crippen LogP contribution in [0, 0.1) is 13.8 Å². The second-order valence-corrected chi connectivity index (χ2v) is 8.42. The van der Waals surface area contributed by atoms with Crippen molar-refractivity contribution in [2.45, 2.75) is 39.8 Å². The lowest BCUT2D eigenvalue weighted by Gasteiger charge is -2.25. The number of aryl methyl sites for hydroxylation is 3. The lowest BCUT2D eigenvalue weighted by Crippen LogP contribution is -2.29. The lowest BCUT2D eigenvalue weighted by atomic mass is 9.96. The highest BCUT2D eigenvalue weighted by atomic mass is 16.3. The minimum Gasteiger partial charge on any atom is -0.450 e. The summed E-state index contributed by atoms with van der Waals surface area (Å²) in [7, 11) is 0. The molecule has 0 saturated carbocycles. The first kappa shape index (κ1) is 20.2. The number of carbonyl (C=O) groups is 1. The largest absolute Gasteiger partial charge is 0.450 e. The Morgan fingerprint density at radius 1 is 1.03 bits per heavy atom. The Labute approximate surface area is 186 Å². The number of amides is 1. The zero-order chi connectivity index (χ0) is 22.4. The normalized spacial score (nSPS) is 15.4. The Bertz CT molecular complexity index is 1390. The van der Waals surface area contributed by atoms with Crippen molar-refractivity contribution in [2.24, 2.45) is 0 Å². The average Bonchev–Trinajstić information content (AvgIpc) is 3.07. The molecule has 0 bridgehead atoms. The van der Waals surface area contributed by atoms with Gasteiger partial charge in [0.05, 0.1) is 17.0 Å². The van der Waals surface area contributed by atoms with E-state index in [9.17, 15) is 9.59 Å². The van der Waals surface area contributed by atoms with E-state index in [4.69, 9.17) is 4.42 Å². The first-order valence-corrected chi connectivity index (χ1v) is 10.8. The van der Waals surface area contributed by atoms with Crippen molar-refractivity contribution in [2.75, 3.05) is 0 Å². The molecule has 1 aliphatic rings. The quantitative estimate of drug-likeness (QED) is 0.457. The second kappa shape index (κ2) is 7.75. The number of rotatable bonds is 4. The Morgan fingerprint density at radius 3 is 2.50 bits per heavy atom. The van der Waals surface area contributed by atoms with Gasteiger partial charge in [-0.05, 0) is 60.2 Å². The molecule has 2 aromatic heterocycles. The van der Waals surface area contributed by atoms with Crippen molar-refractivity contribution in [3.8, 4) is 0 Å². The number of aromatic nitrogens is 1. The van der Waals surface area contributed by atoms with Crippen molar-refractivity contribution in [1.29, 1.82) is 0 Å². The molecule has 0 fully saturated rings. The molecular weight excluding hydrogens is 400 g/mol. The predicted molar refractivity (Wildman–Crippen MR) is 124 cm³/mol. The zero-order valence-electron chi connectivity index (χ0n) is 18.4. The van der Waals surface area contributed by atoms with Gasteiger partial charge in [-0.1, -0.05) is 43.3 Å². The summed E-state index contributed by atoms with van der Waals surface area (Å²) in [6.07, 6.45) is 4.37. The van der Waals surface area contributed by atoms with Crippen LogP contribution in [0.4, 0.5) is 0 Å². The van der Waals surface area contributed by atoms with E-state index in [1.165, 1.54) is 5.56 Å². The molecule has 1 unspecified atom stereocenters. The summed E-state index contributed by atoms with van der Waals surface area (Å²) in [6, 6.07) is 15.2. The van der Waals surface area contributed by atoms with Crippen LogP contribution in [0.3, 0.4) is 0 Å². The number of fused-ring (bicyclic) bond motifs is 2. The summed E-state index contributed by atoms with van der Waals surface area (Å²) >= 11 is 0. The van der Waals surface area contributed by atoms with Crippen LogP contribution >= 0.6 is 0 Å². The molecule has 1 atom stereocenters. The molecule has 160 valence electrons. The summed E-state index contributed by atoms with van der Waals surface area (Å²) in [5.74, 6) is -0.129. The van der Waals surface area contributed by atoms with Gasteiger partial charge < -0.3 is 9.32 Å². The highest BCUT2D eigenvalue weighted by molar-refractivity contribution is 5.99. The van der Waals surface area contributed by atoms with Gasteiger partial charge in [0.1, 0.15) is 5.58 Å². The SMILES string of the molecule is CCc1ccc(C2c3c(oc4c(C)cc(C)cc4c3=O)C(=O)N2Cc2cccnc2)cc1. The lowest BCUT2D eigenvalue weighted by molar-refractivity contribution is 0.0714. The third-order valence-corrected chi connectivity index (χ3v) is 6.18. The maximum absolute atomic E-state index is 13.7. The summed E-state index contributed by atoms with van der Waals surface area (Å²) in [5, 5.41) is 0.521. The molecule has 1 aliphatic heterocycles. The van der Waals surface area contributed by atoms with Crippen molar-refractivity contribution in [1.82, 2.24) is 9.88 Å². The molecule has 5 heteroatoms. The summed E-state index contributed by atoms with van der Waals surface area (Å²) in [4.78, 5) is 33.2. The van der Waals surface area contributed by atoms with Crippen LogP contribution in [0.5, 0.6) is 0 Å². The van der Waals surface area contributed by atoms with Gasteiger partial charge in [0.2, 0.25) is 5.76 Å². The van der Waals surface area contributed by atoms with Crippen LogP contribution in [0.25, 0.3) is 11.0 Å². The van der Waals surface area contributed by atoms with E-state index < -0.39 is 6.04 Å². The Morgan fingerprint density at radius 2 is 1.81 bits per heavy atom. The van der Waals surface area contributed by atoms with Crippen LogP contribution in [0.15, 0.2) is 70.1 Å². The van der Waals surface area contributed by atoms with Crippen LogP contribution in [-0.2, 0) is 13.0 Å². The number of hydrogen-bond acceptors (Lipinski definition) is 4. The summed E-state index contributed by atoms with van der Waals surface area (Å²) in [5.41, 5.74) is 5.59. The van der Waals surface area contributed by atoms with Crippen molar-refractivity contribution < 1.29 is 9.21 Å². The maximum Gasteiger partial charge on any atom is 0.291 e. The molecule has 1 amide bonds. The molecule has 0 spiro atoms. The minimum atomic E-state index is -0.509. The highest BCUT2D eigenvalue weighted by Gasteiger charge is 2.42. The molecule has 5 rings (SSSR count). The van der Waals surface area contributed by atoms with E-state index in [2.05, 4.69) is 24.0 Å². The van der Waals surface area contributed by atoms with E-state index in [-0.39, 0.29) is 17.1 Å². The first-order valence-electron chi connectivity index (χ1n) is 10.8. The number of hydrogen-bond donors (Lipinski definition) is 0. The van der Waals surface area contributed by atoms with E-state index in [0.717, 1.165) is 28.7 Å². The van der Waals surface area contributed by atoms with E-state index in [0.29, 0.717) is 23.1 Å². The smallest absolute Gasteiger partial charge is 0.291 e. The molecular formula is C27H24N2O3. The molecule has 3 heterocycles. The maximum atomic E-state index is 13.7. The standard InChI is InChI=1S/C27H24N2O3/c1-4-18-7-9-20(10-8-18)23-22-24(30)21-13-16(2)12-17(3)25(21)32-26(22)27(31)29(23)15-19-6-5-11-28-14-19/h5-14,23H,4,15H2,1-3H3. The predicted octanol–water partition coefficient (Wildman–Crippen LogP) is 5.11. The van der Waals surface area contributed by atoms with E-state index in [1.54, 1.807) is 17.3 Å². The Hall–Kier alpha value is -3.73. The monoisotopic (exact) mass is 424 g/mol. The number of pyridine rings is 1. The Kier molecular flexibility index (Phi) is 4.89. The second-order valence-electron chi connectivity index (χ2n) is 8.42. The molecule has 2 aromatic carbocycles. The number of carbonyl (C=O) groups excluding carboxylic acids is 1. The number of nitrogens with zero attached hydrogens (tertiary/aromatic N) is 2. The van der Waals surface area contributed by atoms with Crippen LogP contribution in [0.2, 0.25) is 0 Å². The zero-order valence-corrected chi connectivity index (χ0v) is 18.4. The van der Waals surface area contributed by atoms with Gasteiger partial charge in [-0.3, -0.25) is 14.6 Å². The first-order chi connectivity index (χ1) is 15.5. The third-order valence-electron chi connectivity index (χ3n) is 6.18. The van der Waals surface area contributed by atoms with Crippen LogP contribution in [-0.4, -0.2) is 15.8 Å². The Balaban J connectivity index is 1.74. The van der Waals surface area contributed by atoms with Gasteiger partial charge in [-0.25, -0.2) is 0 Å². The minimum absolute atomic E-state index is 0.139. The van der Waals surface area contributed by atoms with Gasteiger partial charge in [0.15, 0.2) is 5.43 Å². The highest BCUT2D eigenvalue weighted by Crippen LogP contribution is 2.39. The van der Waals surface area contributed by atoms with Gasteiger partial charge >= 0.3 is 0 Å². The molecule has 0 radical (unpaired) electrons. The van der Waals surface area contributed by atoms with Gasteiger partial charge in [0, 0.05) is 18.9 Å². The van der Waals surface area contributed by atoms with E-state index in [1.807, 2.05) is 50.2 Å². The average molecular weight is 425 g/mol. The number of benzene rings is 2. The van der Waals surface area contributed by atoms with Gasteiger partial charge in [-0.2, -0.15) is 0 Å². The van der Waals surface area contributed by atoms with Crippen molar-refractivity contribution >= 4 is 16.9 Å². The molecule has 4 aromatic rings. The van der Waals surface area contributed by atoms with E-state index >= 15 is 0 Å².